The largest absolute Gasteiger partial charge is 0.339 e. The van der Waals surface area contributed by atoms with E-state index in [1.54, 1.807) is 6.07 Å². The Hall–Kier alpha value is -1.11. The van der Waals surface area contributed by atoms with E-state index in [0.29, 0.717) is 18.7 Å². The second-order valence-corrected chi connectivity index (χ2v) is 8.78. The number of hydrogen-bond donors (Lipinski definition) is 0. The standard InChI is InChI=1S/C17H23ClN2O3S/c18-15-8-7-14(17(21)19-9-3-1-2-4-10-19)13-16(15)24(22,23)20-11-5-6-12-20/h7-8,13H,1-6,9-12H2. The molecule has 0 spiro atoms. The Morgan fingerprint density at radius 2 is 1.50 bits per heavy atom. The van der Waals surface area contributed by atoms with Crippen molar-refractivity contribution in [1.82, 2.24) is 9.21 Å². The van der Waals surface area contributed by atoms with Crippen molar-refractivity contribution in [2.24, 2.45) is 0 Å². The minimum atomic E-state index is -3.63. The number of rotatable bonds is 3. The SMILES string of the molecule is O=C(c1ccc(Cl)c(S(=O)(=O)N2CCCC2)c1)N1CCCCCC1. The summed E-state index contributed by atoms with van der Waals surface area (Å²) in [5.74, 6) is -0.105. The third-order valence-corrected chi connectivity index (χ3v) is 7.13. The van der Waals surface area contributed by atoms with E-state index >= 15 is 0 Å². The van der Waals surface area contributed by atoms with Crippen LogP contribution in [0.2, 0.25) is 5.02 Å². The molecule has 5 nitrogen and oxygen atoms in total. The summed E-state index contributed by atoms with van der Waals surface area (Å²) in [6.07, 6.45) is 6.00. The topological polar surface area (TPSA) is 57.7 Å². The number of hydrogen-bond acceptors (Lipinski definition) is 3. The Morgan fingerprint density at radius 3 is 2.12 bits per heavy atom. The number of likely N-dealkylation sites (tertiary alicyclic amines) is 1. The number of carbonyl (C=O) groups excluding carboxylic acids is 1. The first kappa shape index (κ1) is 17.7. The van der Waals surface area contributed by atoms with E-state index < -0.39 is 10.0 Å². The smallest absolute Gasteiger partial charge is 0.253 e. The van der Waals surface area contributed by atoms with Crippen molar-refractivity contribution in [3.05, 3.63) is 28.8 Å². The Kier molecular flexibility index (Phi) is 5.47. The third kappa shape index (κ3) is 3.60. The van der Waals surface area contributed by atoms with Crippen molar-refractivity contribution in [3.63, 3.8) is 0 Å². The molecule has 0 N–H and O–H groups in total. The maximum atomic E-state index is 12.8. The van der Waals surface area contributed by atoms with Gasteiger partial charge in [-0.25, -0.2) is 8.42 Å². The summed E-state index contributed by atoms with van der Waals surface area (Å²) >= 11 is 6.15. The van der Waals surface area contributed by atoms with E-state index in [1.165, 1.54) is 16.4 Å². The highest BCUT2D eigenvalue weighted by Crippen LogP contribution is 2.28. The van der Waals surface area contributed by atoms with Gasteiger partial charge in [-0.15, -0.1) is 0 Å². The van der Waals surface area contributed by atoms with Crippen molar-refractivity contribution in [2.75, 3.05) is 26.2 Å². The molecule has 1 amide bonds. The molecule has 2 aliphatic rings. The second-order valence-electron chi connectivity index (χ2n) is 6.46. The van der Waals surface area contributed by atoms with Crippen molar-refractivity contribution in [3.8, 4) is 0 Å². The Bertz CT molecular complexity index is 707. The van der Waals surface area contributed by atoms with Gasteiger partial charge >= 0.3 is 0 Å². The predicted octanol–water partition coefficient (Wildman–Crippen LogP) is 3.14. The molecule has 7 heteroatoms. The molecule has 0 aromatic heterocycles. The van der Waals surface area contributed by atoms with Crippen LogP contribution in [0.25, 0.3) is 0 Å². The zero-order valence-electron chi connectivity index (χ0n) is 13.7. The molecule has 2 fully saturated rings. The molecule has 1 aromatic carbocycles. The van der Waals surface area contributed by atoms with Crippen molar-refractivity contribution in [2.45, 2.75) is 43.4 Å². The first-order chi connectivity index (χ1) is 11.5. The van der Waals surface area contributed by atoms with Crippen LogP contribution in [0, 0.1) is 0 Å². The molecule has 0 saturated carbocycles. The molecule has 2 heterocycles. The third-order valence-electron chi connectivity index (χ3n) is 4.75. The Balaban J connectivity index is 1.89. The molecular formula is C17H23ClN2O3S. The lowest BCUT2D eigenvalue weighted by Gasteiger charge is -2.21. The molecule has 24 heavy (non-hydrogen) atoms. The van der Waals surface area contributed by atoms with Gasteiger partial charge in [0.25, 0.3) is 5.91 Å². The maximum Gasteiger partial charge on any atom is 0.253 e. The summed E-state index contributed by atoms with van der Waals surface area (Å²) in [5.41, 5.74) is 0.402. The average Bonchev–Trinajstić information content (AvgIpc) is 2.98. The number of amides is 1. The molecule has 2 aliphatic heterocycles. The summed E-state index contributed by atoms with van der Waals surface area (Å²) in [6.45, 7) is 2.50. The summed E-state index contributed by atoms with van der Waals surface area (Å²) in [5, 5.41) is 0.175. The average molecular weight is 371 g/mol. The molecule has 2 saturated heterocycles. The maximum absolute atomic E-state index is 12.8. The lowest BCUT2D eigenvalue weighted by molar-refractivity contribution is 0.0761. The molecular weight excluding hydrogens is 348 g/mol. The summed E-state index contributed by atoms with van der Waals surface area (Å²) in [7, 11) is -3.63. The lowest BCUT2D eigenvalue weighted by Crippen LogP contribution is -2.32. The van der Waals surface area contributed by atoms with Gasteiger partial charge in [-0.3, -0.25) is 4.79 Å². The fourth-order valence-corrected chi connectivity index (χ4v) is 5.38. The van der Waals surface area contributed by atoms with Crippen LogP contribution in [0.4, 0.5) is 0 Å². The van der Waals surface area contributed by atoms with Gasteiger partial charge in [0.15, 0.2) is 0 Å². The van der Waals surface area contributed by atoms with E-state index in [9.17, 15) is 13.2 Å². The van der Waals surface area contributed by atoms with Gasteiger partial charge in [0.1, 0.15) is 4.90 Å². The van der Waals surface area contributed by atoms with Gasteiger partial charge in [-0.1, -0.05) is 24.4 Å². The highest BCUT2D eigenvalue weighted by Gasteiger charge is 2.30. The van der Waals surface area contributed by atoms with Crippen LogP contribution in [0.15, 0.2) is 23.1 Å². The van der Waals surface area contributed by atoms with Crippen LogP contribution < -0.4 is 0 Å². The number of halogens is 1. The van der Waals surface area contributed by atoms with Gasteiger partial charge in [-0.2, -0.15) is 4.31 Å². The first-order valence-electron chi connectivity index (χ1n) is 8.59. The van der Waals surface area contributed by atoms with E-state index in [0.717, 1.165) is 51.6 Å². The van der Waals surface area contributed by atoms with Crippen molar-refractivity contribution < 1.29 is 13.2 Å². The van der Waals surface area contributed by atoms with E-state index in [4.69, 9.17) is 11.6 Å². The van der Waals surface area contributed by atoms with Crippen LogP contribution in [0.3, 0.4) is 0 Å². The molecule has 0 unspecified atom stereocenters. The number of sulfonamides is 1. The van der Waals surface area contributed by atoms with Crippen LogP contribution in [0.5, 0.6) is 0 Å². The number of nitrogens with zero attached hydrogens (tertiary/aromatic N) is 2. The lowest BCUT2D eigenvalue weighted by atomic mass is 10.2. The summed E-state index contributed by atoms with van der Waals surface area (Å²) < 4.78 is 27.0. The zero-order chi connectivity index (χ0) is 17.2. The number of carbonyl (C=O) groups is 1. The van der Waals surface area contributed by atoms with Gasteiger partial charge in [0.05, 0.1) is 5.02 Å². The van der Waals surface area contributed by atoms with Crippen LogP contribution in [0.1, 0.15) is 48.9 Å². The quantitative estimate of drug-likeness (QED) is 0.821. The Labute approximate surface area is 148 Å². The van der Waals surface area contributed by atoms with Crippen LogP contribution in [-0.2, 0) is 10.0 Å². The Morgan fingerprint density at radius 1 is 0.917 bits per heavy atom. The molecule has 0 bridgehead atoms. The van der Waals surface area contributed by atoms with E-state index in [-0.39, 0.29) is 15.8 Å². The normalized spacial score (nSPS) is 20.1. The summed E-state index contributed by atoms with van der Waals surface area (Å²) in [4.78, 5) is 14.6. The first-order valence-corrected chi connectivity index (χ1v) is 10.4. The molecule has 0 atom stereocenters. The van der Waals surface area contributed by atoms with Crippen LogP contribution >= 0.6 is 11.6 Å². The minimum Gasteiger partial charge on any atom is -0.339 e. The van der Waals surface area contributed by atoms with E-state index in [2.05, 4.69) is 0 Å². The van der Waals surface area contributed by atoms with Gasteiger partial charge in [-0.05, 0) is 43.9 Å². The fourth-order valence-electron chi connectivity index (χ4n) is 3.36. The van der Waals surface area contributed by atoms with Crippen molar-refractivity contribution >= 4 is 27.5 Å². The zero-order valence-corrected chi connectivity index (χ0v) is 15.3. The predicted molar refractivity (Wildman–Crippen MR) is 93.8 cm³/mol. The molecule has 132 valence electrons. The summed E-state index contributed by atoms with van der Waals surface area (Å²) in [6, 6.07) is 4.59. The fraction of sp³-hybridized carbons (Fsp3) is 0.588. The van der Waals surface area contributed by atoms with Gasteiger partial charge in [0.2, 0.25) is 10.0 Å². The van der Waals surface area contributed by atoms with Gasteiger partial charge < -0.3 is 4.90 Å². The minimum absolute atomic E-state index is 0.0479. The van der Waals surface area contributed by atoms with Gasteiger partial charge in [0, 0.05) is 31.7 Å². The second kappa shape index (κ2) is 7.42. The van der Waals surface area contributed by atoms with Crippen LogP contribution in [-0.4, -0.2) is 49.7 Å². The highest BCUT2D eigenvalue weighted by molar-refractivity contribution is 7.89. The molecule has 3 rings (SSSR count). The number of benzene rings is 1. The monoisotopic (exact) mass is 370 g/mol. The van der Waals surface area contributed by atoms with Crippen molar-refractivity contribution in [1.29, 1.82) is 0 Å². The highest BCUT2D eigenvalue weighted by atomic mass is 35.5. The molecule has 0 radical (unpaired) electrons. The molecule has 0 aliphatic carbocycles. The molecule has 1 aromatic rings. The van der Waals surface area contributed by atoms with E-state index in [1.807, 2.05) is 4.90 Å².